The summed E-state index contributed by atoms with van der Waals surface area (Å²) < 4.78 is 5.94. The molecule has 1 N–H and O–H groups in total. The Kier molecular flexibility index (Phi) is 4.22. The minimum Gasteiger partial charge on any atom is -0.371 e. The molecule has 0 spiro atoms. The Bertz CT molecular complexity index is 451. The lowest BCUT2D eigenvalue weighted by molar-refractivity contribution is 0.0304. The first-order valence-corrected chi connectivity index (χ1v) is 7.83. The van der Waals surface area contributed by atoms with E-state index < -0.39 is 0 Å². The number of hydrogen-bond donors (Lipinski definition) is 1. The van der Waals surface area contributed by atoms with Gasteiger partial charge in [0.15, 0.2) is 0 Å². The summed E-state index contributed by atoms with van der Waals surface area (Å²) in [6.45, 7) is 8.29. The molecular weight excluding hydrogens is 250 g/mol. The van der Waals surface area contributed by atoms with Crippen molar-refractivity contribution in [3.63, 3.8) is 0 Å². The second kappa shape index (κ2) is 6.10. The van der Waals surface area contributed by atoms with Gasteiger partial charge in [0.1, 0.15) is 0 Å². The molecule has 2 unspecified atom stereocenters. The zero-order valence-corrected chi connectivity index (χ0v) is 12.6. The average Bonchev–Trinajstić information content (AvgIpc) is 2.79. The SMILES string of the molecule is CCCNCc1cnc(C)cc1N1CC2CCC(C1)O2. The summed E-state index contributed by atoms with van der Waals surface area (Å²) in [6.07, 6.45) is 6.49. The number of aromatic nitrogens is 1. The molecule has 2 aliphatic rings. The molecule has 3 heterocycles. The highest BCUT2D eigenvalue weighted by Crippen LogP contribution is 2.31. The van der Waals surface area contributed by atoms with E-state index in [-0.39, 0.29) is 0 Å². The van der Waals surface area contributed by atoms with Gasteiger partial charge in [0.05, 0.1) is 12.2 Å². The lowest BCUT2D eigenvalue weighted by atomic mass is 10.1. The standard InChI is InChI=1S/C16H25N3O/c1-3-6-17-8-13-9-18-12(2)7-16(13)19-10-14-4-5-15(11-19)20-14/h7,9,14-15,17H,3-6,8,10-11H2,1-2H3. The van der Waals surface area contributed by atoms with Crippen molar-refractivity contribution in [1.29, 1.82) is 0 Å². The monoisotopic (exact) mass is 275 g/mol. The summed E-state index contributed by atoms with van der Waals surface area (Å²) in [6, 6.07) is 2.23. The third-order valence-corrected chi connectivity index (χ3v) is 4.23. The highest BCUT2D eigenvalue weighted by Gasteiger charge is 2.34. The molecule has 0 saturated carbocycles. The van der Waals surface area contributed by atoms with Crippen molar-refractivity contribution in [2.45, 2.75) is 51.9 Å². The van der Waals surface area contributed by atoms with Gasteiger partial charge in [0.25, 0.3) is 0 Å². The van der Waals surface area contributed by atoms with Crippen molar-refractivity contribution < 1.29 is 4.74 Å². The van der Waals surface area contributed by atoms with Crippen molar-refractivity contribution in [1.82, 2.24) is 10.3 Å². The number of pyridine rings is 1. The van der Waals surface area contributed by atoms with E-state index in [2.05, 4.69) is 35.1 Å². The number of ether oxygens (including phenoxy) is 1. The molecule has 2 bridgehead atoms. The number of nitrogens with one attached hydrogen (secondary N) is 1. The number of anilines is 1. The number of hydrogen-bond acceptors (Lipinski definition) is 4. The predicted octanol–water partition coefficient (Wildman–Crippen LogP) is 2.26. The Balaban J connectivity index is 1.78. The first-order valence-electron chi connectivity index (χ1n) is 7.83. The van der Waals surface area contributed by atoms with E-state index in [1.807, 2.05) is 6.20 Å². The Morgan fingerprint density at radius 2 is 2.10 bits per heavy atom. The van der Waals surface area contributed by atoms with Crippen LogP contribution in [0.25, 0.3) is 0 Å². The molecule has 0 amide bonds. The van der Waals surface area contributed by atoms with E-state index in [1.54, 1.807) is 0 Å². The fourth-order valence-electron chi connectivity index (χ4n) is 3.22. The van der Waals surface area contributed by atoms with E-state index in [1.165, 1.54) is 24.1 Å². The number of fused-ring (bicyclic) bond motifs is 2. The van der Waals surface area contributed by atoms with Crippen molar-refractivity contribution in [3.05, 3.63) is 23.5 Å². The van der Waals surface area contributed by atoms with Crippen LogP contribution in [-0.4, -0.2) is 36.8 Å². The minimum absolute atomic E-state index is 0.429. The molecule has 2 saturated heterocycles. The van der Waals surface area contributed by atoms with Crippen LogP contribution in [0, 0.1) is 6.92 Å². The van der Waals surface area contributed by atoms with Gasteiger partial charge in [-0.15, -0.1) is 0 Å². The third kappa shape index (κ3) is 2.96. The molecule has 0 aromatic carbocycles. The molecular formula is C16H25N3O. The highest BCUT2D eigenvalue weighted by atomic mass is 16.5. The van der Waals surface area contributed by atoms with Crippen LogP contribution in [0.4, 0.5) is 5.69 Å². The summed E-state index contributed by atoms with van der Waals surface area (Å²) >= 11 is 0. The Hall–Kier alpha value is -1.13. The molecule has 110 valence electrons. The first-order chi connectivity index (χ1) is 9.76. The van der Waals surface area contributed by atoms with E-state index in [4.69, 9.17) is 4.74 Å². The van der Waals surface area contributed by atoms with E-state index in [0.717, 1.165) is 38.3 Å². The van der Waals surface area contributed by atoms with Crippen molar-refractivity contribution in [3.8, 4) is 0 Å². The number of nitrogens with zero attached hydrogens (tertiary/aromatic N) is 2. The summed E-state index contributed by atoms with van der Waals surface area (Å²) in [5.41, 5.74) is 3.75. The van der Waals surface area contributed by atoms with Gasteiger partial charge in [-0.25, -0.2) is 0 Å². The topological polar surface area (TPSA) is 37.4 Å². The number of rotatable bonds is 5. The maximum atomic E-state index is 5.94. The molecule has 1 aromatic heterocycles. The second-order valence-corrected chi connectivity index (χ2v) is 5.99. The molecule has 2 fully saturated rings. The molecule has 4 heteroatoms. The molecule has 20 heavy (non-hydrogen) atoms. The van der Waals surface area contributed by atoms with Crippen LogP contribution in [-0.2, 0) is 11.3 Å². The van der Waals surface area contributed by atoms with Crippen LogP contribution in [0.15, 0.2) is 12.3 Å². The maximum Gasteiger partial charge on any atom is 0.0755 e. The van der Waals surface area contributed by atoms with Crippen molar-refractivity contribution in [2.75, 3.05) is 24.5 Å². The minimum atomic E-state index is 0.429. The van der Waals surface area contributed by atoms with Gasteiger partial charge in [-0.2, -0.15) is 0 Å². The van der Waals surface area contributed by atoms with E-state index >= 15 is 0 Å². The van der Waals surface area contributed by atoms with Crippen molar-refractivity contribution >= 4 is 5.69 Å². The summed E-state index contributed by atoms with van der Waals surface area (Å²) in [5, 5.41) is 3.49. The van der Waals surface area contributed by atoms with Gasteiger partial charge in [0, 0.05) is 42.8 Å². The lowest BCUT2D eigenvalue weighted by Crippen LogP contribution is -2.43. The Morgan fingerprint density at radius 3 is 2.80 bits per heavy atom. The van der Waals surface area contributed by atoms with Crippen LogP contribution >= 0.6 is 0 Å². The van der Waals surface area contributed by atoms with Crippen LogP contribution in [0.3, 0.4) is 0 Å². The van der Waals surface area contributed by atoms with Crippen LogP contribution in [0.2, 0.25) is 0 Å². The Labute approximate surface area is 121 Å². The third-order valence-electron chi connectivity index (χ3n) is 4.23. The van der Waals surface area contributed by atoms with Gasteiger partial charge >= 0.3 is 0 Å². The highest BCUT2D eigenvalue weighted by molar-refractivity contribution is 5.54. The fourth-order valence-corrected chi connectivity index (χ4v) is 3.22. The van der Waals surface area contributed by atoms with Gasteiger partial charge in [0.2, 0.25) is 0 Å². The second-order valence-electron chi connectivity index (χ2n) is 5.99. The summed E-state index contributed by atoms with van der Waals surface area (Å²) in [7, 11) is 0. The van der Waals surface area contributed by atoms with Crippen molar-refractivity contribution in [2.24, 2.45) is 0 Å². The van der Waals surface area contributed by atoms with Gasteiger partial charge in [-0.05, 0) is 38.8 Å². The predicted molar refractivity (Wildman–Crippen MR) is 81.1 cm³/mol. The molecule has 1 aromatic rings. The fraction of sp³-hybridized carbons (Fsp3) is 0.688. The van der Waals surface area contributed by atoms with Crippen LogP contribution in [0.1, 0.15) is 37.4 Å². The summed E-state index contributed by atoms with van der Waals surface area (Å²) in [5.74, 6) is 0. The first kappa shape index (κ1) is 13.8. The van der Waals surface area contributed by atoms with Gasteiger partial charge < -0.3 is 15.0 Å². The average molecular weight is 275 g/mol. The van der Waals surface area contributed by atoms with Crippen LogP contribution < -0.4 is 10.2 Å². The maximum absolute atomic E-state index is 5.94. The normalized spacial score (nSPS) is 25.2. The number of aryl methyl sites for hydroxylation is 1. The molecule has 3 rings (SSSR count). The molecule has 0 aliphatic carbocycles. The molecule has 2 atom stereocenters. The van der Waals surface area contributed by atoms with Gasteiger partial charge in [-0.1, -0.05) is 6.92 Å². The largest absolute Gasteiger partial charge is 0.371 e. The van der Waals surface area contributed by atoms with E-state index in [9.17, 15) is 0 Å². The molecule has 2 aliphatic heterocycles. The number of morpholine rings is 1. The zero-order chi connectivity index (χ0) is 13.9. The van der Waals surface area contributed by atoms with Gasteiger partial charge in [-0.3, -0.25) is 4.98 Å². The van der Waals surface area contributed by atoms with E-state index in [0.29, 0.717) is 12.2 Å². The smallest absolute Gasteiger partial charge is 0.0755 e. The van der Waals surface area contributed by atoms with Crippen LogP contribution in [0.5, 0.6) is 0 Å². The quantitative estimate of drug-likeness (QED) is 0.836. The lowest BCUT2D eigenvalue weighted by Gasteiger charge is -2.35. The zero-order valence-electron chi connectivity index (χ0n) is 12.6. The molecule has 4 nitrogen and oxygen atoms in total. The Morgan fingerprint density at radius 1 is 1.35 bits per heavy atom. The molecule has 0 radical (unpaired) electrons. The summed E-state index contributed by atoms with van der Waals surface area (Å²) in [4.78, 5) is 6.97.